The lowest BCUT2D eigenvalue weighted by Crippen LogP contribution is -2.29. The average molecular weight is 957 g/mol. The standard InChI is InChI=1S/C58H56N2O10.CH4/c1-57(2,37-69-55(64)49(33-59)52(42-21-19-39(34-61)20-22-42)46-25-23-40-13-7-9-15-44(40)31-46)35-67-50(62)17-11-12-18-51(63)68-36-58(3,4)38-70-56(65)54(60-5)53(43-27-29-48(66-6)30-28-43)47-26-24-41-14-8-10-16-45(41)32-47;/h7-10,13-16,19-32,61H,11-12,17-18,34-38H2,1-4,6H3;1H4. The van der Waals surface area contributed by atoms with E-state index in [0.29, 0.717) is 57.6 Å². The highest BCUT2D eigenvalue weighted by atomic mass is 16.6. The molecule has 0 bridgehead atoms. The SMILES string of the molecule is C.[C-]#[N+]C(C(=O)OCC(C)(C)COC(=O)CCCCC(=O)OCC(C)(C)COC(=O)C(C#N)=C(c1ccc(CO)cc1)c1ccc2ccccc2c1)=C(c1ccc(OC)cc1)c1ccc2ccccc2c1. The van der Waals surface area contributed by atoms with Gasteiger partial charge in [0.1, 0.15) is 24.0 Å². The van der Waals surface area contributed by atoms with Crippen LogP contribution in [-0.2, 0) is 44.7 Å². The second-order valence-electron chi connectivity index (χ2n) is 18.4. The van der Waals surface area contributed by atoms with E-state index in [4.69, 9.17) is 30.3 Å². The van der Waals surface area contributed by atoms with E-state index in [9.17, 15) is 29.5 Å². The van der Waals surface area contributed by atoms with Crippen LogP contribution in [0.2, 0.25) is 0 Å². The number of aliphatic hydroxyl groups is 1. The molecule has 6 aromatic rings. The lowest BCUT2D eigenvalue weighted by molar-refractivity contribution is -0.153. The normalized spacial score (nSPS) is 12.0. The van der Waals surface area contributed by atoms with Gasteiger partial charge in [0, 0.05) is 34.8 Å². The first-order chi connectivity index (χ1) is 33.6. The molecule has 1 N–H and O–H groups in total. The number of ether oxygens (including phenoxy) is 5. The molecule has 71 heavy (non-hydrogen) atoms. The molecule has 0 unspecified atom stereocenters. The number of benzene rings is 6. The third-order valence-electron chi connectivity index (χ3n) is 11.4. The molecule has 0 fully saturated rings. The summed E-state index contributed by atoms with van der Waals surface area (Å²) in [4.78, 5) is 56.3. The van der Waals surface area contributed by atoms with E-state index in [2.05, 4.69) is 10.9 Å². The highest BCUT2D eigenvalue weighted by Gasteiger charge is 2.28. The van der Waals surface area contributed by atoms with Gasteiger partial charge >= 0.3 is 23.9 Å². The van der Waals surface area contributed by atoms with Crippen molar-refractivity contribution in [3.05, 3.63) is 184 Å². The number of nitrogens with zero attached hydrogens (tertiary/aromatic N) is 2. The molecule has 366 valence electrons. The van der Waals surface area contributed by atoms with Crippen molar-refractivity contribution in [2.45, 2.75) is 67.4 Å². The molecule has 0 aliphatic rings. The van der Waals surface area contributed by atoms with E-state index in [1.165, 1.54) is 0 Å². The van der Waals surface area contributed by atoms with Crippen molar-refractivity contribution in [2.24, 2.45) is 10.8 Å². The summed E-state index contributed by atoms with van der Waals surface area (Å²) in [5.41, 5.74) is 2.07. The number of fused-ring (bicyclic) bond motifs is 2. The number of unbranched alkanes of at least 4 members (excludes halogenated alkanes) is 1. The average Bonchev–Trinajstić information content (AvgIpc) is 3.38. The van der Waals surface area contributed by atoms with Gasteiger partial charge in [0.2, 0.25) is 0 Å². The Morgan fingerprint density at radius 3 is 1.46 bits per heavy atom. The molecule has 0 spiro atoms. The van der Waals surface area contributed by atoms with Crippen LogP contribution in [0.5, 0.6) is 5.75 Å². The predicted octanol–water partition coefficient (Wildman–Crippen LogP) is 11.6. The van der Waals surface area contributed by atoms with Crippen molar-refractivity contribution in [1.29, 1.82) is 5.26 Å². The third kappa shape index (κ3) is 14.7. The molecule has 0 saturated carbocycles. The highest BCUT2D eigenvalue weighted by molar-refractivity contribution is 6.06. The van der Waals surface area contributed by atoms with Crippen LogP contribution >= 0.6 is 0 Å². The molecule has 0 amide bonds. The second-order valence-corrected chi connectivity index (χ2v) is 18.4. The van der Waals surface area contributed by atoms with Crippen LogP contribution in [0.15, 0.2) is 145 Å². The van der Waals surface area contributed by atoms with Crippen LogP contribution in [0, 0.1) is 28.7 Å². The number of rotatable bonds is 21. The van der Waals surface area contributed by atoms with Gasteiger partial charge in [-0.15, -0.1) is 0 Å². The molecule has 12 heteroatoms. The number of hydrogen-bond donors (Lipinski definition) is 1. The molecule has 0 saturated heterocycles. The van der Waals surface area contributed by atoms with Gasteiger partial charge in [-0.2, -0.15) is 5.26 Å². The predicted molar refractivity (Wildman–Crippen MR) is 274 cm³/mol. The molecule has 6 aromatic carbocycles. The summed E-state index contributed by atoms with van der Waals surface area (Å²) in [6, 6.07) is 43.1. The Balaban J connectivity index is 0.00000937. The minimum atomic E-state index is -0.828. The summed E-state index contributed by atoms with van der Waals surface area (Å²) in [5, 5.41) is 23.8. The fourth-order valence-electron chi connectivity index (χ4n) is 7.51. The van der Waals surface area contributed by atoms with Crippen LogP contribution in [0.25, 0.3) is 37.5 Å². The van der Waals surface area contributed by atoms with Crippen LogP contribution in [-0.4, -0.2) is 62.5 Å². The van der Waals surface area contributed by atoms with E-state index in [0.717, 1.165) is 21.5 Å². The Labute approximate surface area is 415 Å². The number of methoxy groups -OCH3 is 1. The van der Waals surface area contributed by atoms with Crippen molar-refractivity contribution in [1.82, 2.24) is 0 Å². The minimum absolute atomic E-state index is 0. The van der Waals surface area contributed by atoms with Crippen molar-refractivity contribution < 1.29 is 48.0 Å². The van der Waals surface area contributed by atoms with Crippen LogP contribution in [0.4, 0.5) is 0 Å². The number of aliphatic hydroxyl groups excluding tert-OH is 1. The number of carbonyl (C=O) groups is 4. The Hall–Kier alpha value is -8.06. The first-order valence-electron chi connectivity index (χ1n) is 22.9. The topological polar surface area (TPSA) is 163 Å². The third-order valence-corrected chi connectivity index (χ3v) is 11.4. The molecule has 0 radical (unpaired) electrons. The maximum Gasteiger partial charge on any atom is 0.349 e. The molecule has 0 aliphatic heterocycles. The molecular formula is C59H60N2O10. The van der Waals surface area contributed by atoms with E-state index in [-0.39, 0.29) is 64.6 Å². The van der Waals surface area contributed by atoms with Gasteiger partial charge < -0.3 is 28.8 Å². The van der Waals surface area contributed by atoms with Crippen molar-refractivity contribution in [2.75, 3.05) is 33.5 Å². The maximum absolute atomic E-state index is 13.6. The molecule has 6 rings (SSSR count). The van der Waals surface area contributed by atoms with Crippen molar-refractivity contribution >= 4 is 56.6 Å². The number of nitriles is 1. The Morgan fingerprint density at radius 2 is 1.00 bits per heavy atom. The zero-order valence-corrected chi connectivity index (χ0v) is 40.1. The fourth-order valence-corrected chi connectivity index (χ4v) is 7.51. The zero-order chi connectivity index (χ0) is 50.3. The monoisotopic (exact) mass is 956 g/mol. The highest BCUT2D eigenvalue weighted by Crippen LogP contribution is 2.34. The van der Waals surface area contributed by atoms with Gasteiger partial charge in [-0.05, 0) is 86.5 Å². The molecular weight excluding hydrogens is 897 g/mol. The van der Waals surface area contributed by atoms with Crippen molar-refractivity contribution in [3.63, 3.8) is 0 Å². The summed E-state index contributed by atoms with van der Waals surface area (Å²) in [6.45, 7) is 14.6. The quantitative estimate of drug-likeness (QED) is 0.0182. The Kier molecular flexibility index (Phi) is 19.0. The molecule has 0 aromatic heterocycles. The summed E-state index contributed by atoms with van der Waals surface area (Å²) in [5.74, 6) is -1.97. The number of esters is 4. The molecule has 12 nitrogen and oxygen atoms in total. The van der Waals surface area contributed by atoms with Crippen LogP contribution in [0.1, 0.15) is 88.6 Å². The van der Waals surface area contributed by atoms with E-state index < -0.39 is 34.7 Å². The van der Waals surface area contributed by atoms with Gasteiger partial charge in [-0.25, -0.2) is 9.64 Å². The van der Waals surface area contributed by atoms with E-state index in [1.54, 1.807) is 83.3 Å². The number of carbonyl (C=O) groups excluding carboxylic acids is 4. The second kappa shape index (κ2) is 25.0. The lowest BCUT2D eigenvalue weighted by atomic mass is 9.91. The molecule has 0 atom stereocenters. The fraction of sp³-hybridized carbons (Fsp3) is 0.288. The summed E-state index contributed by atoms with van der Waals surface area (Å²) >= 11 is 0. The maximum atomic E-state index is 13.6. The summed E-state index contributed by atoms with van der Waals surface area (Å²) in [6.07, 6.45) is 0.813. The minimum Gasteiger partial charge on any atom is -0.497 e. The molecule has 0 heterocycles. The summed E-state index contributed by atoms with van der Waals surface area (Å²) in [7, 11) is 1.56. The largest absolute Gasteiger partial charge is 0.497 e. The van der Waals surface area contributed by atoms with Gasteiger partial charge in [0.15, 0.2) is 0 Å². The smallest absolute Gasteiger partial charge is 0.349 e. The lowest BCUT2D eigenvalue weighted by Gasteiger charge is -2.24. The van der Waals surface area contributed by atoms with Crippen LogP contribution < -0.4 is 4.74 Å². The van der Waals surface area contributed by atoms with Gasteiger partial charge in [-0.1, -0.05) is 144 Å². The first-order valence-corrected chi connectivity index (χ1v) is 22.9. The number of hydrogen-bond acceptors (Lipinski definition) is 11. The Morgan fingerprint density at radius 1 is 0.577 bits per heavy atom. The summed E-state index contributed by atoms with van der Waals surface area (Å²) < 4.78 is 27.8. The van der Waals surface area contributed by atoms with Crippen LogP contribution in [0.3, 0.4) is 0 Å². The zero-order valence-electron chi connectivity index (χ0n) is 40.1. The first kappa shape index (κ1) is 53.9. The van der Waals surface area contributed by atoms with Crippen molar-refractivity contribution in [3.8, 4) is 11.8 Å². The molecule has 0 aliphatic carbocycles. The van der Waals surface area contributed by atoms with E-state index in [1.807, 2.05) is 84.9 Å². The van der Waals surface area contributed by atoms with Gasteiger partial charge in [0.25, 0.3) is 5.70 Å². The van der Waals surface area contributed by atoms with Gasteiger partial charge in [0.05, 0.1) is 40.1 Å². The van der Waals surface area contributed by atoms with E-state index >= 15 is 0 Å². The Bertz CT molecular complexity index is 2800. The van der Waals surface area contributed by atoms with Gasteiger partial charge in [-0.3, -0.25) is 14.4 Å².